The first-order valence-electron chi connectivity index (χ1n) is 13.0. The predicted octanol–water partition coefficient (Wildman–Crippen LogP) is 7.44. The lowest BCUT2D eigenvalue weighted by molar-refractivity contribution is -0.146. The Hall–Kier alpha value is -2.10. The molecule has 3 aliphatic carbocycles. The molecule has 0 radical (unpaired) electrons. The van der Waals surface area contributed by atoms with Crippen molar-refractivity contribution in [3.8, 4) is 0 Å². The molecule has 0 bridgehead atoms. The van der Waals surface area contributed by atoms with Crippen molar-refractivity contribution in [2.45, 2.75) is 86.0 Å². The Balaban J connectivity index is 1.98. The topological polar surface area (TPSA) is 74.6 Å². The first-order chi connectivity index (χ1) is 15.8. The molecule has 0 saturated heterocycles. The molecule has 0 heterocycles. The van der Waals surface area contributed by atoms with Gasteiger partial charge in [0, 0.05) is 6.42 Å². The van der Waals surface area contributed by atoms with Crippen LogP contribution in [0.25, 0.3) is 0 Å². The van der Waals surface area contributed by atoms with Gasteiger partial charge in [-0.1, -0.05) is 65.0 Å². The summed E-state index contributed by atoms with van der Waals surface area (Å²) in [6.45, 7) is 19.3. The fraction of sp³-hybridized carbons (Fsp3) is 0.667. The highest BCUT2D eigenvalue weighted by Crippen LogP contribution is 2.70. The Morgan fingerprint density at radius 1 is 1.15 bits per heavy atom. The molecule has 188 valence electrons. The maximum atomic E-state index is 12.5. The number of rotatable bonds is 10. The van der Waals surface area contributed by atoms with Crippen LogP contribution >= 0.6 is 0 Å². The highest BCUT2D eigenvalue weighted by Gasteiger charge is 2.62. The predicted molar refractivity (Wildman–Crippen MR) is 137 cm³/mol. The van der Waals surface area contributed by atoms with E-state index in [0.29, 0.717) is 18.8 Å². The second-order valence-corrected chi connectivity index (χ2v) is 12.0. The lowest BCUT2D eigenvalue weighted by Gasteiger charge is -2.56. The number of fused-ring (bicyclic) bond motifs is 3. The van der Waals surface area contributed by atoms with Gasteiger partial charge in [-0.15, -0.1) is 6.58 Å². The van der Waals surface area contributed by atoms with Crippen molar-refractivity contribution < 1.29 is 19.8 Å². The van der Waals surface area contributed by atoms with E-state index >= 15 is 0 Å². The van der Waals surface area contributed by atoms with E-state index in [9.17, 15) is 19.8 Å². The van der Waals surface area contributed by atoms with Crippen LogP contribution in [0.4, 0.5) is 0 Å². The molecule has 0 amide bonds. The van der Waals surface area contributed by atoms with Crippen LogP contribution < -0.4 is 0 Å². The number of hydrogen-bond donors (Lipinski definition) is 2. The fourth-order valence-corrected chi connectivity index (χ4v) is 7.39. The van der Waals surface area contributed by atoms with Crippen molar-refractivity contribution in [1.29, 1.82) is 0 Å². The summed E-state index contributed by atoms with van der Waals surface area (Å²) < 4.78 is 0. The van der Waals surface area contributed by atoms with Crippen LogP contribution in [0.15, 0.2) is 48.1 Å². The zero-order chi connectivity index (χ0) is 25.5. The van der Waals surface area contributed by atoms with Crippen molar-refractivity contribution in [3.63, 3.8) is 0 Å². The third-order valence-electron chi connectivity index (χ3n) is 10.2. The van der Waals surface area contributed by atoms with E-state index in [-0.39, 0.29) is 40.4 Å². The monoisotopic (exact) mass is 468 g/mol. The average molecular weight is 469 g/mol. The smallest absolute Gasteiger partial charge is 0.306 e. The van der Waals surface area contributed by atoms with Gasteiger partial charge in [0.05, 0.1) is 5.92 Å². The summed E-state index contributed by atoms with van der Waals surface area (Å²) in [6.07, 6.45) is 12.4. The molecule has 6 atom stereocenters. The van der Waals surface area contributed by atoms with Crippen molar-refractivity contribution >= 4 is 11.9 Å². The molecule has 1 saturated carbocycles. The van der Waals surface area contributed by atoms with Crippen molar-refractivity contribution in [2.24, 2.45) is 39.9 Å². The highest BCUT2D eigenvalue weighted by molar-refractivity contribution is 5.71. The van der Waals surface area contributed by atoms with Gasteiger partial charge in [-0.25, -0.2) is 0 Å². The second kappa shape index (κ2) is 9.51. The molecule has 0 spiro atoms. The summed E-state index contributed by atoms with van der Waals surface area (Å²) in [5.74, 6) is -1.14. The first-order valence-corrected chi connectivity index (χ1v) is 13.0. The zero-order valence-electron chi connectivity index (χ0n) is 21.8. The normalized spacial score (nSPS) is 35.6. The van der Waals surface area contributed by atoms with Crippen molar-refractivity contribution in [1.82, 2.24) is 0 Å². The molecule has 1 fully saturated rings. The Morgan fingerprint density at radius 2 is 1.82 bits per heavy atom. The van der Waals surface area contributed by atoms with E-state index in [1.807, 2.05) is 6.08 Å². The van der Waals surface area contributed by atoms with E-state index in [2.05, 4.69) is 59.9 Å². The van der Waals surface area contributed by atoms with Crippen LogP contribution in [0.2, 0.25) is 0 Å². The number of carboxylic acids is 2. The maximum Gasteiger partial charge on any atom is 0.306 e. The molecule has 34 heavy (non-hydrogen) atoms. The largest absolute Gasteiger partial charge is 0.481 e. The van der Waals surface area contributed by atoms with Gasteiger partial charge in [0.15, 0.2) is 0 Å². The molecule has 4 nitrogen and oxygen atoms in total. The average Bonchev–Trinajstić information content (AvgIpc) is 3.04. The molecular weight excluding hydrogens is 424 g/mol. The van der Waals surface area contributed by atoms with Crippen molar-refractivity contribution in [3.05, 3.63) is 48.1 Å². The summed E-state index contributed by atoms with van der Waals surface area (Å²) in [5.41, 5.74) is 3.24. The summed E-state index contributed by atoms with van der Waals surface area (Å²) in [7, 11) is 0. The molecule has 2 N–H and O–H groups in total. The van der Waals surface area contributed by atoms with E-state index in [1.54, 1.807) is 0 Å². The van der Waals surface area contributed by atoms with E-state index in [1.165, 1.54) is 11.1 Å². The minimum Gasteiger partial charge on any atom is -0.481 e. The number of aliphatic carboxylic acids is 2. The molecule has 4 heteroatoms. The van der Waals surface area contributed by atoms with Gasteiger partial charge < -0.3 is 10.2 Å². The van der Waals surface area contributed by atoms with Gasteiger partial charge in [0.25, 0.3) is 0 Å². The molecule has 6 unspecified atom stereocenters. The first kappa shape index (κ1) is 26.5. The fourth-order valence-electron chi connectivity index (χ4n) is 7.39. The number of allylic oxidation sites excluding steroid dienone is 6. The van der Waals surface area contributed by atoms with Gasteiger partial charge in [0.2, 0.25) is 0 Å². The third-order valence-corrected chi connectivity index (χ3v) is 10.2. The van der Waals surface area contributed by atoms with E-state index in [0.717, 1.165) is 37.7 Å². The maximum absolute atomic E-state index is 12.5. The van der Waals surface area contributed by atoms with Crippen LogP contribution in [0, 0.1) is 39.9 Å². The second-order valence-electron chi connectivity index (χ2n) is 12.0. The summed E-state index contributed by atoms with van der Waals surface area (Å²) in [5, 5.41) is 19.7. The molecule has 0 aromatic rings. The zero-order valence-corrected chi connectivity index (χ0v) is 21.8. The summed E-state index contributed by atoms with van der Waals surface area (Å²) >= 11 is 0. The van der Waals surface area contributed by atoms with Gasteiger partial charge in [-0.2, -0.15) is 0 Å². The molecule has 3 aliphatic rings. The molecule has 3 rings (SSSR count). The molecule has 0 aliphatic heterocycles. The standard InChI is InChI=1S/C30H44O4/c1-8-21-10-12-25-24(28(21,5)16-15-26(31)32)14-18-29(6)23(13-17-30(25,29)7)22(27(33)34)11-9-20(4)19(2)3/h8,12,14,19,21-23H,1,4,9-11,13,15-18H2,2-3,5-7H3,(H,31,32)(H,33,34). The Morgan fingerprint density at radius 3 is 2.38 bits per heavy atom. The minimum atomic E-state index is -0.763. The number of carboxylic acid groups (broad SMARTS) is 2. The molecule has 0 aromatic carbocycles. The lowest BCUT2D eigenvalue weighted by atomic mass is 9.48. The minimum absolute atomic E-state index is 0.107. The van der Waals surface area contributed by atoms with Crippen LogP contribution in [-0.2, 0) is 9.59 Å². The lowest BCUT2D eigenvalue weighted by Crippen LogP contribution is -2.48. The van der Waals surface area contributed by atoms with E-state index in [4.69, 9.17) is 0 Å². The Bertz CT molecular complexity index is 924. The van der Waals surface area contributed by atoms with Crippen LogP contribution in [-0.4, -0.2) is 22.2 Å². The number of carbonyl (C=O) groups is 2. The summed E-state index contributed by atoms with van der Waals surface area (Å²) in [6, 6.07) is 0. The van der Waals surface area contributed by atoms with Crippen LogP contribution in [0.3, 0.4) is 0 Å². The quantitative estimate of drug-likeness (QED) is 0.327. The third kappa shape index (κ3) is 4.22. The van der Waals surface area contributed by atoms with Crippen molar-refractivity contribution in [2.75, 3.05) is 0 Å². The van der Waals surface area contributed by atoms with E-state index < -0.39 is 11.9 Å². The summed E-state index contributed by atoms with van der Waals surface area (Å²) in [4.78, 5) is 23.9. The van der Waals surface area contributed by atoms with Gasteiger partial charge in [-0.3, -0.25) is 9.59 Å². The SMILES string of the molecule is C=CC1CC=C2C(=CCC3(C)C(C(CCC(=C)C(C)C)C(=O)O)CCC23C)C1(C)CCC(=O)O. The Labute approximate surface area is 205 Å². The molecule has 0 aromatic heterocycles. The number of hydrogen-bond acceptors (Lipinski definition) is 2. The van der Waals surface area contributed by atoms with Crippen LogP contribution in [0.1, 0.15) is 86.0 Å². The Kier molecular flexibility index (Phi) is 7.41. The van der Waals surface area contributed by atoms with Gasteiger partial charge in [-0.05, 0) is 90.1 Å². The highest BCUT2D eigenvalue weighted by atomic mass is 16.4. The van der Waals surface area contributed by atoms with Crippen LogP contribution in [0.5, 0.6) is 0 Å². The molecular formula is C30H44O4. The van der Waals surface area contributed by atoms with Gasteiger partial charge in [0.1, 0.15) is 0 Å². The van der Waals surface area contributed by atoms with Gasteiger partial charge >= 0.3 is 11.9 Å².